The molecule has 192 valence electrons. The van der Waals surface area contributed by atoms with Gasteiger partial charge in [0, 0.05) is 32.4 Å². The first-order valence-corrected chi connectivity index (χ1v) is 13.3. The summed E-state index contributed by atoms with van der Waals surface area (Å²) in [6.07, 6.45) is 8.09. The molecular weight excluding hydrogens is 436 g/mol. The Hall–Kier alpha value is -1.37. The number of amides is 1. The number of carbonyl (C=O) groups excluding carboxylic acids is 1. The van der Waals surface area contributed by atoms with Crippen molar-refractivity contribution in [3.63, 3.8) is 0 Å². The SMILES string of the molecule is CC.CCC.CCCC(CCCC(NO)C(=O)N1CCN(c2ncccc2Cl)CC1)C(C)C. The molecule has 0 saturated carbocycles. The number of rotatable bonds is 10. The highest BCUT2D eigenvalue weighted by Gasteiger charge is 2.28. The standard InChI is InChI=1S/C21H35ClN4O2.C3H8.C2H6/c1-4-7-17(16(2)3)8-5-10-19(24-28)21(27)26-14-12-25(13-15-26)20-18(22)9-6-11-23-20;1-3-2;1-2/h6,9,11,16-17,19,24,28H,4-5,7-8,10,12-15H2,1-3H3;3H2,1-2H3;1-2H3. The largest absolute Gasteiger partial charge is 0.352 e. The molecule has 1 fully saturated rings. The second-order valence-electron chi connectivity index (χ2n) is 8.73. The van der Waals surface area contributed by atoms with Crippen molar-refractivity contribution in [3.05, 3.63) is 23.4 Å². The fourth-order valence-corrected chi connectivity index (χ4v) is 4.22. The average Bonchev–Trinajstić information content (AvgIpc) is 2.83. The van der Waals surface area contributed by atoms with Crippen LogP contribution in [-0.2, 0) is 4.79 Å². The van der Waals surface area contributed by atoms with E-state index in [1.165, 1.54) is 19.3 Å². The first kappa shape index (κ1) is 31.6. The molecule has 1 aliphatic rings. The number of hydrogen-bond donors (Lipinski definition) is 2. The van der Waals surface area contributed by atoms with E-state index in [0.29, 0.717) is 49.5 Å². The second kappa shape index (κ2) is 19.0. The van der Waals surface area contributed by atoms with Crippen molar-refractivity contribution in [2.45, 2.75) is 93.0 Å². The Kier molecular flexibility index (Phi) is 18.2. The van der Waals surface area contributed by atoms with Crippen molar-refractivity contribution in [1.82, 2.24) is 15.4 Å². The van der Waals surface area contributed by atoms with E-state index in [1.807, 2.05) is 30.9 Å². The van der Waals surface area contributed by atoms with Gasteiger partial charge < -0.3 is 15.0 Å². The number of pyridine rings is 1. The Balaban J connectivity index is 0.00000189. The van der Waals surface area contributed by atoms with E-state index in [4.69, 9.17) is 11.6 Å². The second-order valence-corrected chi connectivity index (χ2v) is 9.14. The molecule has 7 heteroatoms. The molecule has 33 heavy (non-hydrogen) atoms. The van der Waals surface area contributed by atoms with E-state index in [-0.39, 0.29) is 5.91 Å². The molecule has 1 aromatic rings. The molecule has 2 heterocycles. The Labute approximate surface area is 208 Å². The lowest BCUT2D eigenvalue weighted by Crippen LogP contribution is -2.54. The molecule has 2 unspecified atom stereocenters. The van der Waals surface area contributed by atoms with Gasteiger partial charge in [-0.15, -0.1) is 0 Å². The fraction of sp³-hybridized carbons (Fsp3) is 0.769. The van der Waals surface area contributed by atoms with Crippen molar-refractivity contribution in [2.24, 2.45) is 11.8 Å². The van der Waals surface area contributed by atoms with Crippen LogP contribution in [0.5, 0.6) is 0 Å². The van der Waals surface area contributed by atoms with Crippen LogP contribution in [0.2, 0.25) is 5.02 Å². The maximum Gasteiger partial charge on any atom is 0.242 e. The summed E-state index contributed by atoms with van der Waals surface area (Å²) in [4.78, 5) is 21.1. The van der Waals surface area contributed by atoms with E-state index in [1.54, 1.807) is 6.20 Å². The Morgan fingerprint density at radius 1 is 1.12 bits per heavy atom. The van der Waals surface area contributed by atoms with Crippen LogP contribution in [0, 0.1) is 11.8 Å². The molecule has 1 saturated heterocycles. The first-order chi connectivity index (χ1) is 15.9. The van der Waals surface area contributed by atoms with Crippen molar-refractivity contribution < 1.29 is 10.0 Å². The zero-order valence-corrected chi connectivity index (χ0v) is 22.9. The van der Waals surface area contributed by atoms with Gasteiger partial charge in [-0.25, -0.2) is 4.98 Å². The number of carbonyl (C=O) groups is 1. The molecule has 2 rings (SSSR count). The van der Waals surface area contributed by atoms with Crippen LogP contribution >= 0.6 is 11.6 Å². The number of nitrogens with one attached hydrogen (secondary N) is 1. The maximum absolute atomic E-state index is 12.8. The molecule has 1 aliphatic heterocycles. The van der Waals surface area contributed by atoms with Crippen molar-refractivity contribution in [1.29, 1.82) is 0 Å². The number of aromatic nitrogens is 1. The zero-order valence-electron chi connectivity index (χ0n) is 22.1. The minimum atomic E-state index is -0.528. The summed E-state index contributed by atoms with van der Waals surface area (Å²) in [5.74, 6) is 2.09. The maximum atomic E-state index is 12.8. The van der Waals surface area contributed by atoms with E-state index in [0.717, 1.165) is 18.7 Å². The lowest BCUT2D eigenvalue weighted by molar-refractivity contribution is -0.136. The van der Waals surface area contributed by atoms with Gasteiger partial charge in [-0.1, -0.05) is 92.2 Å². The Morgan fingerprint density at radius 2 is 1.73 bits per heavy atom. The third-order valence-corrected chi connectivity index (χ3v) is 6.05. The van der Waals surface area contributed by atoms with Gasteiger partial charge in [0.1, 0.15) is 11.9 Å². The monoisotopic (exact) mass is 484 g/mol. The van der Waals surface area contributed by atoms with Gasteiger partial charge in [-0.2, -0.15) is 5.48 Å². The summed E-state index contributed by atoms with van der Waals surface area (Å²) >= 11 is 6.23. The zero-order chi connectivity index (χ0) is 25.2. The summed E-state index contributed by atoms with van der Waals surface area (Å²) in [6.45, 7) is 17.6. The van der Waals surface area contributed by atoms with Gasteiger partial charge in [0.15, 0.2) is 0 Å². The summed E-state index contributed by atoms with van der Waals surface area (Å²) in [5.41, 5.74) is 2.25. The van der Waals surface area contributed by atoms with Gasteiger partial charge in [-0.3, -0.25) is 4.79 Å². The van der Waals surface area contributed by atoms with Crippen LogP contribution in [-0.4, -0.2) is 53.2 Å². The smallest absolute Gasteiger partial charge is 0.242 e. The molecule has 2 atom stereocenters. The first-order valence-electron chi connectivity index (χ1n) is 12.9. The summed E-state index contributed by atoms with van der Waals surface area (Å²) in [6, 6.07) is 3.11. The Morgan fingerprint density at radius 3 is 2.21 bits per heavy atom. The van der Waals surface area contributed by atoms with E-state index in [9.17, 15) is 10.0 Å². The molecule has 1 amide bonds. The molecule has 1 aromatic heterocycles. The Bertz CT molecular complexity index is 622. The summed E-state index contributed by atoms with van der Waals surface area (Å²) < 4.78 is 0. The minimum Gasteiger partial charge on any atom is -0.352 e. The predicted octanol–water partition coefficient (Wildman–Crippen LogP) is 6.42. The highest BCUT2D eigenvalue weighted by Crippen LogP contribution is 2.25. The number of piperazine rings is 1. The number of halogens is 1. The van der Waals surface area contributed by atoms with Gasteiger partial charge in [0.25, 0.3) is 0 Å². The number of anilines is 1. The quantitative estimate of drug-likeness (QED) is 0.375. The van der Waals surface area contributed by atoms with Crippen LogP contribution in [0.1, 0.15) is 87.0 Å². The molecule has 0 aromatic carbocycles. The molecule has 0 aliphatic carbocycles. The van der Waals surface area contributed by atoms with Gasteiger partial charge in [0.2, 0.25) is 5.91 Å². The molecule has 0 radical (unpaired) electrons. The third-order valence-electron chi connectivity index (χ3n) is 5.75. The van der Waals surface area contributed by atoms with Crippen molar-refractivity contribution in [3.8, 4) is 0 Å². The third kappa shape index (κ3) is 11.5. The summed E-state index contributed by atoms with van der Waals surface area (Å²) in [5, 5.41) is 10.2. The molecule has 6 nitrogen and oxygen atoms in total. The molecule has 0 spiro atoms. The van der Waals surface area contributed by atoms with Crippen molar-refractivity contribution in [2.75, 3.05) is 31.1 Å². The highest BCUT2D eigenvalue weighted by molar-refractivity contribution is 6.32. The number of hydroxylamine groups is 1. The van der Waals surface area contributed by atoms with E-state index < -0.39 is 6.04 Å². The fourth-order valence-electron chi connectivity index (χ4n) is 3.98. The van der Waals surface area contributed by atoms with Gasteiger partial charge in [-0.05, 0) is 30.4 Å². The van der Waals surface area contributed by atoms with Gasteiger partial charge >= 0.3 is 0 Å². The van der Waals surface area contributed by atoms with Gasteiger partial charge in [0.05, 0.1) is 5.02 Å². The normalized spacial score (nSPS) is 15.2. The molecular formula is C26H49ClN4O2. The van der Waals surface area contributed by atoms with Crippen LogP contribution < -0.4 is 10.4 Å². The molecule has 2 N–H and O–H groups in total. The van der Waals surface area contributed by atoms with Crippen LogP contribution in [0.3, 0.4) is 0 Å². The lowest BCUT2D eigenvalue weighted by atomic mass is 9.86. The van der Waals surface area contributed by atoms with Crippen LogP contribution in [0.15, 0.2) is 18.3 Å². The van der Waals surface area contributed by atoms with E-state index >= 15 is 0 Å². The van der Waals surface area contributed by atoms with Crippen LogP contribution in [0.25, 0.3) is 0 Å². The number of hydrogen-bond acceptors (Lipinski definition) is 5. The predicted molar refractivity (Wildman–Crippen MR) is 141 cm³/mol. The average molecular weight is 485 g/mol. The minimum absolute atomic E-state index is 0.0224. The lowest BCUT2D eigenvalue weighted by Gasteiger charge is -2.37. The van der Waals surface area contributed by atoms with Crippen molar-refractivity contribution >= 4 is 23.3 Å². The number of nitrogens with zero attached hydrogens (tertiary/aromatic N) is 3. The summed E-state index contributed by atoms with van der Waals surface area (Å²) in [7, 11) is 0. The molecule has 0 bridgehead atoms. The highest BCUT2D eigenvalue weighted by atomic mass is 35.5. The van der Waals surface area contributed by atoms with Crippen LogP contribution in [0.4, 0.5) is 5.82 Å². The topological polar surface area (TPSA) is 68.7 Å². The van der Waals surface area contributed by atoms with E-state index in [2.05, 4.69) is 50.0 Å².